The van der Waals surface area contributed by atoms with Crippen LogP contribution in [0.25, 0.3) is 10.9 Å². The van der Waals surface area contributed by atoms with E-state index in [9.17, 15) is 0 Å². The Kier molecular flexibility index (Phi) is 5.59. The van der Waals surface area contributed by atoms with Crippen LogP contribution in [-0.4, -0.2) is 40.7 Å². The molecular formula is C25H24N4O2S. The molecule has 1 atom stereocenters. The van der Waals surface area contributed by atoms with E-state index in [4.69, 9.17) is 21.7 Å². The van der Waals surface area contributed by atoms with Gasteiger partial charge in [0, 0.05) is 11.9 Å². The first kappa shape index (κ1) is 20.6. The van der Waals surface area contributed by atoms with Crippen molar-refractivity contribution in [2.24, 2.45) is 0 Å². The van der Waals surface area contributed by atoms with Crippen molar-refractivity contribution >= 4 is 23.1 Å². The van der Waals surface area contributed by atoms with Gasteiger partial charge in [0.25, 0.3) is 0 Å². The fourth-order valence-corrected chi connectivity index (χ4v) is 4.73. The van der Waals surface area contributed by atoms with Gasteiger partial charge in [0.05, 0.1) is 32.4 Å². The van der Waals surface area contributed by atoms with E-state index in [1.54, 1.807) is 14.2 Å². The van der Waals surface area contributed by atoms with Crippen LogP contribution in [0.2, 0.25) is 0 Å². The minimum atomic E-state index is 0.0370. The Hall–Kier alpha value is -3.29. The SMILES string of the molecule is COc1cc2c(cc1OC)C(c1ccccc1)N(Cn1nnc3ccccc3c1=S)CC2. The Balaban J connectivity index is 1.60. The summed E-state index contributed by atoms with van der Waals surface area (Å²) in [6, 6.07) is 22.6. The van der Waals surface area contributed by atoms with Gasteiger partial charge in [-0.1, -0.05) is 59.9 Å². The summed E-state index contributed by atoms with van der Waals surface area (Å²) in [6.45, 7) is 1.41. The monoisotopic (exact) mass is 444 g/mol. The quantitative estimate of drug-likeness (QED) is 0.413. The summed E-state index contributed by atoms with van der Waals surface area (Å²) in [6.07, 6.45) is 0.896. The van der Waals surface area contributed by atoms with Gasteiger partial charge in [-0.05, 0) is 47.4 Å². The molecule has 1 aliphatic heterocycles. The van der Waals surface area contributed by atoms with Crippen LogP contribution in [0.5, 0.6) is 11.5 Å². The molecule has 0 saturated carbocycles. The Morgan fingerprint density at radius 2 is 1.69 bits per heavy atom. The standard InChI is InChI=1S/C25H24N4O2S/c1-30-22-14-18-12-13-28(16-29-25(32)19-10-6-7-11-21(19)26-27-29)24(17-8-4-3-5-9-17)20(18)15-23(22)31-2/h3-11,14-15,24H,12-13,16H2,1-2H3. The first-order valence-corrected chi connectivity index (χ1v) is 11.0. The topological polar surface area (TPSA) is 52.4 Å². The van der Waals surface area contributed by atoms with Gasteiger partial charge < -0.3 is 9.47 Å². The maximum atomic E-state index is 5.76. The van der Waals surface area contributed by atoms with E-state index in [0.717, 1.165) is 35.4 Å². The van der Waals surface area contributed by atoms with E-state index in [0.29, 0.717) is 11.3 Å². The summed E-state index contributed by atoms with van der Waals surface area (Å²) in [7, 11) is 3.35. The lowest BCUT2D eigenvalue weighted by molar-refractivity contribution is 0.151. The molecule has 0 fully saturated rings. The van der Waals surface area contributed by atoms with Crippen LogP contribution >= 0.6 is 12.2 Å². The molecule has 6 nitrogen and oxygen atoms in total. The summed E-state index contributed by atoms with van der Waals surface area (Å²) >= 11 is 5.76. The highest BCUT2D eigenvalue weighted by Gasteiger charge is 2.30. The Bertz CT molecular complexity index is 1320. The molecule has 1 unspecified atom stereocenters. The van der Waals surface area contributed by atoms with E-state index in [1.807, 2.05) is 35.0 Å². The Labute approximate surface area is 192 Å². The molecule has 0 spiro atoms. The predicted molar refractivity (Wildman–Crippen MR) is 127 cm³/mol. The lowest BCUT2D eigenvalue weighted by Crippen LogP contribution is -2.38. The summed E-state index contributed by atoms with van der Waals surface area (Å²) in [4.78, 5) is 2.39. The third kappa shape index (κ3) is 3.63. The molecule has 2 heterocycles. The number of fused-ring (bicyclic) bond motifs is 2. The number of hydrogen-bond acceptors (Lipinski definition) is 6. The second-order valence-corrected chi connectivity index (χ2v) is 8.22. The van der Waals surface area contributed by atoms with Crippen molar-refractivity contribution in [2.45, 2.75) is 19.1 Å². The summed E-state index contributed by atoms with van der Waals surface area (Å²) in [5.41, 5.74) is 4.50. The average Bonchev–Trinajstić information content (AvgIpc) is 2.85. The number of rotatable bonds is 5. The van der Waals surface area contributed by atoms with Crippen LogP contribution < -0.4 is 9.47 Å². The van der Waals surface area contributed by atoms with E-state index in [1.165, 1.54) is 16.7 Å². The second-order valence-electron chi connectivity index (χ2n) is 7.83. The molecular weight excluding hydrogens is 420 g/mol. The van der Waals surface area contributed by atoms with Crippen LogP contribution in [0.15, 0.2) is 66.7 Å². The maximum absolute atomic E-state index is 5.76. The van der Waals surface area contributed by atoms with Crippen molar-refractivity contribution in [1.29, 1.82) is 0 Å². The minimum Gasteiger partial charge on any atom is -0.493 e. The molecule has 0 radical (unpaired) electrons. The summed E-state index contributed by atoms with van der Waals surface area (Å²) in [5.74, 6) is 1.49. The summed E-state index contributed by atoms with van der Waals surface area (Å²) < 4.78 is 13.7. The molecule has 162 valence electrons. The zero-order chi connectivity index (χ0) is 22.1. The van der Waals surface area contributed by atoms with Gasteiger partial charge in [0.15, 0.2) is 11.5 Å². The van der Waals surface area contributed by atoms with Crippen molar-refractivity contribution < 1.29 is 9.47 Å². The molecule has 0 amide bonds. The van der Waals surface area contributed by atoms with Crippen molar-refractivity contribution in [1.82, 2.24) is 19.9 Å². The van der Waals surface area contributed by atoms with Gasteiger partial charge in [-0.3, -0.25) is 4.90 Å². The molecule has 1 aromatic heterocycles. The molecule has 0 aliphatic carbocycles. The Morgan fingerprint density at radius 3 is 2.47 bits per heavy atom. The fraction of sp³-hybridized carbons (Fsp3) is 0.240. The van der Waals surface area contributed by atoms with E-state index >= 15 is 0 Å². The number of hydrogen-bond donors (Lipinski definition) is 0. The van der Waals surface area contributed by atoms with Gasteiger partial charge in [0.2, 0.25) is 0 Å². The summed E-state index contributed by atoms with van der Waals surface area (Å²) in [5, 5.41) is 9.75. The van der Waals surface area contributed by atoms with Gasteiger partial charge in [-0.25, -0.2) is 4.68 Å². The van der Waals surface area contributed by atoms with Crippen molar-refractivity contribution in [3.05, 3.63) is 88.1 Å². The number of benzene rings is 3. The van der Waals surface area contributed by atoms with Crippen LogP contribution in [0.1, 0.15) is 22.7 Å². The zero-order valence-corrected chi connectivity index (χ0v) is 18.9. The molecule has 4 aromatic rings. The van der Waals surface area contributed by atoms with Crippen molar-refractivity contribution in [3.63, 3.8) is 0 Å². The van der Waals surface area contributed by atoms with Crippen LogP contribution in [0.4, 0.5) is 0 Å². The normalized spacial score (nSPS) is 16.0. The van der Waals surface area contributed by atoms with Gasteiger partial charge in [-0.15, -0.1) is 5.10 Å². The largest absolute Gasteiger partial charge is 0.493 e. The maximum Gasteiger partial charge on any atom is 0.161 e. The highest BCUT2D eigenvalue weighted by Crippen LogP contribution is 2.41. The number of nitrogens with zero attached hydrogens (tertiary/aromatic N) is 4. The molecule has 1 aliphatic rings. The lowest BCUT2D eigenvalue weighted by atomic mass is 9.88. The van der Waals surface area contributed by atoms with Crippen LogP contribution in [0.3, 0.4) is 0 Å². The van der Waals surface area contributed by atoms with E-state index < -0.39 is 0 Å². The molecule has 32 heavy (non-hydrogen) atoms. The first-order valence-electron chi connectivity index (χ1n) is 10.6. The fourth-order valence-electron chi connectivity index (χ4n) is 4.46. The molecule has 5 rings (SSSR count). The van der Waals surface area contributed by atoms with Gasteiger partial charge in [0.1, 0.15) is 4.64 Å². The van der Waals surface area contributed by atoms with Crippen molar-refractivity contribution in [2.75, 3.05) is 20.8 Å². The number of aromatic nitrogens is 3. The predicted octanol–water partition coefficient (Wildman–Crippen LogP) is 4.78. The van der Waals surface area contributed by atoms with E-state index in [-0.39, 0.29) is 6.04 Å². The molecule has 3 aromatic carbocycles. The third-order valence-electron chi connectivity index (χ3n) is 6.03. The number of ether oxygens (including phenoxy) is 2. The second kappa shape index (κ2) is 8.68. The van der Waals surface area contributed by atoms with Crippen molar-refractivity contribution in [3.8, 4) is 11.5 Å². The van der Waals surface area contributed by atoms with Gasteiger partial charge >= 0.3 is 0 Å². The highest BCUT2D eigenvalue weighted by molar-refractivity contribution is 7.71. The molecule has 7 heteroatoms. The average molecular weight is 445 g/mol. The molecule has 0 bridgehead atoms. The first-order chi connectivity index (χ1) is 15.7. The van der Waals surface area contributed by atoms with E-state index in [2.05, 4.69) is 51.6 Å². The number of methoxy groups -OCH3 is 2. The minimum absolute atomic E-state index is 0.0370. The molecule has 0 saturated heterocycles. The smallest absolute Gasteiger partial charge is 0.161 e. The lowest BCUT2D eigenvalue weighted by Gasteiger charge is -2.38. The third-order valence-corrected chi connectivity index (χ3v) is 6.46. The van der Waals surface area contributed by atoms with Crippen LogP contribution in [-0.2, 0) is 13.1 Å². The van der Waals surface area contributed by atoms with Crippen LogP contribution in [0, 0.1) is 4.64 Å². The molecule has 0 N–H and O–H groups in total. The highest BCUT2D eigenvalue weighted by atomic mass is 32.1. The zero-order valence-electron chi connectivity index (χ0n) is 18.1. The Morgan fingerprint density at radius 1 is 0.969 bits per heavy atom. The van der Waals surface area contributed by atoms with Gasteiger partial charge in [-0.2, -0.15) is 0 Å².